The highest BCUT2D eigenvalue weighted by Gasteiger charge is 2.28. The van der Waals surface area contributed by atoms with Gasteiger partial charge in [0.2, 0.25) is 5.91 Å². The van der Waals surface area contributed by atoms with Crippen LogP contribution < -0.4 is 5.32 Å². The molecule has 0 spiro atoms. The van der Waals surface area contributed by atoms with Gasteiger partial charge in [0.15, 0.2) is 5.82 Å². The lowest BCUT2D eigenvalue weighted by molar-refractivity contribution is -0.114. The van der Waals surface area contributed by atoms with Crippen molar-refractivity contribution in [2.24, 2.45) is 0 Å². The highest BCUT2D eigenvalue weighted by molar-refractivity contribution is 5.96. The first-order valence-corrected chi connectivity index (χ1v) is 7.97. The van der Waals surface area contributed by atoms with Gasteiger partial charge in [0, 0.05) is 37.1 Å². The van der Waals surface area contributed by atoms with Gasteiger partial charge in [-0.1, -0.05) is 0 Å². The van der Waals surface area contributed by atoms with Crippen molar-refractivity contribution >= 4 is 17.6 Å². The van der Waals surface area contributed by atoms with Crippen LogP contribution in [0.5, 0.6) is 0 Å². The summed E-state index contributed by atoms with van der Waals surface area (Å²) in [7, 11) is 0. The summed E-state index contributed by atoms with van der Waals surface area (Å²) in [5.41, 5.74) is 1.32. The number of carbonyl (C=O) groups excluding carboxylic acids is 2. The molecule has 8 nitrogen and oxygen atoms in total. The van der Waals surface area contributed by atoms with Crippen LogP contribution in [0.15, 0.2) is 30.6 Å². The number of aryl methyl sites for hydroxylation is 1. The highest BCUT2D eigenvalue weighted by atomic mass is 16.5. The van der Waals surface area contributed by atoms with Crippen LogP contribution in [0.3, 0.4) is 0 Å². The van der Waals surface area contributed by atoms with Gasteiger partial charge in [0.25, 0.3) is 5.91 Å². The van der Waals surface area contributed by atoms with E-state index >= 15 is 0 Å². The van der Waals surface area contributed by atoms with Crippen LogP contribution in [0.2, 0.25) is 0 Å². The Morgan fingerprint density at radius 3 is 2.84 bits per heavy atom. The molecule has 0 radical (unpaired) electrons. The minimum absolute atomic E-state index is 0.144. The van der Waals surface area contributed by atoms with Gasteiger partial charge in [-0.2, -0.15) is 0 Å². The quantitative estimate of drug-likeness (QED) is 0.905. The predicted molar refractivity (Wildman–Crippen MR) is 89.9 cm³/mol. The molecule has 0 aliphatic carbocycles. The van der Waals surface area contributed by atoms with Crippen molar-refractivity contribution in [3.63, 3.8) is 0 Å². The minimum atomic E-state index is -0.353. The molecule has 25 heavy (non-hydrogen) atoms. The van der Waals surface area contributed by atoms with Crippen molar-refractivity contribution in [3.05, 3.63) is 47.7 Å². The number of rotatable bonds is 3. The fraction of sp³-hybridized carbons (Fsp3) is 0.353. The zero-order valence-electron chi connectivity index (χ0n) is 14.1. The second-order valence-corrected chi connectivity index (χ2v) is 5.78. The topological polar surface area (TPSA) is 97.3 Å². The number of hydrogen-bond donors (Lipinski definition) is 1. The summed E-state index contributed by atoms with van der Waals surface area (Å²) in [5, 5.41) is 2.58. The monoisotopic (exact) mass is 341 g/mol. The number of ether oxygens (including phenoxy) is 1. The maximum Gasteiger partial charge on any atom is 0.254 e. The van der Waals surface area contributed by atoms with E-state index in [4.69, 9.17) is 4.74 Å². The summed E-state index contributed by atoms with van der Waals surface area (Å²) in [6, 6.07) is 5.01. The molecule has 1 atom stereocenters. The Kier molecular flexibility index (Phi) is 4.99. The summed E-state index contributed by atoms with van der Waals surface area (Å²) in [6.45, 7) is 4.55. The number of nitrogens with zero attached hydrogens (tertiary/aromatic N) is 4. The van der Waals surface area contributed by atoms with Gasteiger partial charge < -0.3 is 15.0 Å². The molecule has 130 valence electrons. The second kappa shape index (κ2) is 7.35. The van der Waals surface area contributed by atoms with E-state index in [1.165, 1.54) is 13.1 Å². The van der Waals surface area contributed by atoms with E-state index in [-0.39, 0.29) is 17.9 Å². The molecule has 2 aromatic heterocycles. The molecule has 2 aromatic rings. The molecule has 0 aromatic carbocycles. The van der Waals surface area contributed by atoms with Crippen LogP contribution in [0.25, 0.3) is 0 Å². The molecule has 1 aliphatic rings. The summed E-state index contributed by atoms with van der Waals surface area (Å²) < 4.78 is 5.72. The molecular weight excluding hydrogens is 322 g/mol. The Balaban J connectivity index is 1.75. The van der Waals surface area contributed by atoms with Crippen LogP contribution in [0, 0.1) is 6.92 Å². The van der Waals surface area contributed by atoms with Crippen molar-refractivity contribution in [1.82, 2.24) is 19.9 Å². The molecule has 1 saturated heterocycles. The van der Waals surface area contributed by atoms with E-state index < -0.39 is 0 Å². The predicted octanol–water partition coefficient (Wildman–Crippen LogP) is 1.35. The standard InChI is InChI=1S/C17H19N5O3/c1-11-3-5-19-16(20-11)14-10-22(7-8-25-14)17(24)13-4-6-18-15(9-13)21-12(2)23/h3-6,9,14H,7-8,10H2,1-2H3,(H,18,21,23)/t14-/m1/s1. The summed E-state index contributed by atoms with van der Waals surface area (Å²) >= 11 is 0. The molecule has 0 unspecified atom stereocenters. The lowest BCUT2D eigenvalue weighted by Gasteiger charge is -2.32. The number of carbonyl (C=O) groups is 2. The zero-order chi connectivity index (χ0) is 17.8. The maximum absolute atomic E-state index is 12.8. The van der Waals surface area contributed by atoms with E-state index in [9.17, 15) is 9.59 Å². The molecule has 2 amide bonds. The van der Waals surface area contributed by atoms with Crippen molar-refractivity contribution in [2.45, 2.75) is 20.0 Å². The second-order valence-electron chi connectivity index (χ2n) is 5.78. The van der Waals surface area contributed by atoms with Crippen molar-refractivity contribution < 1.29 is 14.3 Å². The van der Waals surface area contributed by atoms with Crippen LogP contribution in [-0.2, 0) is 9.53 Å². The Bertz CT molecular complexity index is 795. The summed E-state index contributed by atoms with van der Waals surface area (Å²) in [6.07, 6.45) is 2.83. The van der Waals surface area contributed by atoms with Crippen LogP contribution >= 0.6 is 0 Å². The molecule has 8 heteroatoms. The molecule has 0 bridgehead atoms. The van der Waals surface area contributed by atoms with Gasteiger partial charge >= 0.3 is 0 Å². The molecule has 1 aliphatic heterocycles. The van der Waals surface area contributed by atoms with Gasteiger partial charge in [-0.25, -0.2) is 15.0 Å². The summed E-state index contributed by atoms with van der Waals surface area (Å²) in [5.74, 6) is 0.548. The Morgan fingerprint density at radius 1 is 1.28 bits per heavy atom. The van der Waals surface area contributed by atoms with Gasteiger partial charge in [0.1, 0.15) is 11.9 Å². The van der Waals surface area contributed by atoms with E-state index in [1.807, 2.05) is 13.0 Å². The number of anilines is 1. The first-order chi connectivity index (χ1) is 12.0. The van der Waals surface area contributed by atoms with Gasteiger partial charge in [-0.05, 0) is 25.1 Å². The third-order valence-corrected chi connectivity index (χ3v) is 3.77. The molecule has 0 saturated carbocycles. The van der Waals surface area contributed by atoms with E-state index in [0.717, 1.165) is 5.69 Å². The largest absolute Gasteiger partial charge is 0.367 e. The minimum Gasteiger partial charge on any atom is -0.367 e. The fourth-order valence-electron chi connectivity index (χ4n) is 2.61. The third-order valence-electron chi connectivity index (χ3n) is 3.77. The van der Waals surface area contributed by atoms with E-state index in [2.05, 4.69) is 20.3 Å². The summed E-state index contributed by atoms with van der Waals surface area (Å²) in [4.78, 5) is 38.3. The molecule has 3 heterocycles. The van der Waals surface area contributed by atoms with Crippen LogP contribution in [-0.4, -0.2) is 51.4 Å². The average Bonchev–Trinajstić information content (AvgIpc) is 2.61. The van der Waals surface area contributed by atoms with Gasteiger partial charge in [-0.15, -0.1) is 0 Å². The lowest BCUT2D eigenvalue weighted by atomic mass is 10.2. The van der Waals surface area contributed by atoms with Crippen LogP contribution in [0.1, 0.15) is 34.9 Å². The number of morpholine rings is 1. The molecule has 1 N–H and O–H groups in total. The first-order valence-electron chi connectivity index (χ1n) is 7.97. The SMILES string of the molecule is CC(=O)Nc1cc(C(=O)N2CCO[C@@H](c3nccc(C)n3)C2)ccn1. The van der Waals surface area contributed by atoms with Crippen molar-refractivity contribution in [1.29, 1.82) is 0 Å². The highest BCUT2D eigenvalue weighted by Crippen LogP contribution is 2.21. The van der Waals surface area contributed by atoms with Gasteiger partial charge in [-0.3, -0.25) is 9.59 Å². The smallest absolute Gasteiger partial charge is 0.254 e. The number of amides is 2. The first kappa shape index (κ1) is 17.0. The fourth-order valence-corrected chi connectivity index (χ4v) is 2.61. The molecule has 3 rings (SSSR count). The molecular formula is C17H19N5O3. The average molecular weight is 341 g/mol. The van der Waals surface area contributed by atoms with E-state index in [0.29, 0.717) is 36.9 Å². The normalized spacial score (nSPS) is 17.2. The number of aromatic nitrogens is 3. The third kappa shape index (κ3) is 4.16. The number of nitrogens with one attached hydrogen (secondary N) is 1. The number of pyridine rings is 1. The van der Waals surface area contributed by atoms with E-state index in [1.54, 1.807) is 23.2 Å². The van der Waals surface area contributed by atoms with Crippen molar-refractivity contribution in [3.8, 4) is 0 Å². The Hall–Kier alpha value is -2.87. The Labute approximate surface area is 145 Å². The number of hydrogen-bond acceptors (Lipinski definition) is 6. The zero-order valence-corrected chi connectivity index (χ0v) is 14.1. The lowest BCUT2D eigenvalue weighted by Crippen LogP contribution is -2.42. The van der Waals surface area contributed by atoms with Crippen LogP contribution in [0.4, 0.5) is 5.82 Å². The Morgan fingerprint density at radius 2 is 2.08 bits per heavy atom. The maximum atomic E-state index is 12.8. The molecule has 1 fully saturated rings. The van der Waals surface area contributed by atoms with Gasteiger partial charge in [0.05, 0.1) is 13.2 Å². The van der Waals surface area contributed by atoms with Crippen molar-refractivity contribution in [2.75, 3.05) is 25.0 Å².